The normalized spacial score (nSPS) is 26.2. The number of halogens is 1. The zero-order chi connectivity index (χ0) is 15.3. The van der Waals surface area contributed by atoms with E-state index in [-0.39, 0.29) is 6.04 Å². The summed E-state index contributed by atoms with van der Waals surface area (Å²) in [6.45, 7) is 1.46. The number of sulfone groups is 1. The van der Waals surface area contributed by atoms with Crippen LogP contribution in [0.3, 0.4) is 0 Å². The van der Waals surface area contributed by atoms with Crippen molar-refractivity contribution in [2.45, 2.75) is 44.3 Å². The quantitative estimate of drug-likeness (QED) is 0.844. The molecule has 0 aromatic heterocycles. The monoisotopic (exact) mass is 341 g/mol. The second-order valence-corrected chi connectivity index (χ2v) is 9.28. The van der Waals surface area contributed by atoms with Crippen LogP contribution in [0.15, 0.2) is 12.1 Å². The zero-order valence-corrected chi connectivity index (χ0v) is 14.0. The Morgan fingerprint density at radius 2 is 2.05 bits per heavy atom. The smallest absolute Gasteiger partial charge is 0.151 e. The molecule has 2 heterocycles. The van der Waals surface area contributed by atoms with Gasteiger partial charge in [-0.1, -0.05) is 11.6 Å². The Morgan fingerprint density at radius 3 is 2.73 bits per heavy atom. The Balaban J connectivity index is 1.61. The Morgan fingerprint density at radius 1 is 1.23 bits per heavy atom. The molecule has 1 aliphatic carbocycles. The molecule has 1 saturated carbocycles. The number of ether oxygens (including phenoxy) is 1. The lowest BCUT2D eigenvalue weighted by Crippen LogP contribution is -2.37. The van der Waals surface area contributed by atoms with Crippen LogP contribution in [-0.2, 0) is 22.8 Å². The molecule has 0 spiro atoms. The van der Waals surface area contributed by atoms with Gasteiger partial charge in [0.1, 0.15) is 5.75 Å². The lowest BCUT2D eigenvalue weighted by Gasteiger charge is -2.28. The van der Waals surface area contributed by atoms with E-state index in [1.165, 1.54) is 18.4 Å². The fourth-order valence-electron chi connectivity index (χ4n) is 3.66. The predicted molar refractivity (Wildman–Crippen MR) is 86.3 cm³/mol. The van der Waals surface area contributed by atoms with Gasteiger partial charge < -0.3 is 4.74 Å². The molecule has 1 atom stereocenters. The highest BCUT2D eigenvalue weighted by molar-refractivity contribution is 7.91. The second kappa shape index (κ2) is 5.39. The molecule has 1 saturated heterocycles. The summed E-state index contributed by atoms with van der Waals surface area (Å²) in [6.07, 6.45) is 3.99. The van der Waals surface area contributed by atoms with Gasteiger partial charge >= 0.3 is 0 Å². The molecule has 4 rings (SSSR count). The van der Waals surface area contributed by atoms with Crippen LogP contribution in [0.2, 0.25) is 5.02 Å². The van der Waals surface area contributed by atoms with Gasteiger partial charge in [-0.15, -0.1) is 0 Å². The van der Waals surface area contributed by atoms with Crippen molar-refractivity contribution in [1.82, 2.24) is 4.90 Å². The van der Waals surface area contributed by atoms with Crippen molar-refractivity contribution in [3.63, 3.8) is 0 Å². The SMILES string of the molecule is O=S1(=O)CC[C@@H](N(Cc2cc(Cl)cc3c2OCC3)C2CC2)C1. The van der Waals surface area contributed by atoms with Crippen molar-refractivity contribution in [2.24, 2.45) is 0 Å². The minimum absolute atomic E-state index is 0.147. The summed E-state index contributed by atoms with van der Waals surface area (Å²) in [6, 6.07) is 4.63. The summed E-state index contributed by atoms with van der Waals surface area (Å²) in [4.78, 5) is 2.37. The molecule has 2 fully saturated rings. The summed E-state index contributed by atoms with van der Waals surface area (Å²) in [5, 5.41) is 0.744. The topological polar surface area (TPSA) is 46.6 Å². The maximum absolute atomic E-state index is 11.8. The van der Waals surface area contributed by atoms with E-state index in [0.29, 0.717) is 24.2 Å². The fourth-order valence-corrected chi connectivity index (χ4v) is 5.67. The largest absolute Gasteiger partial charge is 0.493 e. The van der Waals surface area contributed by atoms with E-state index in [1.807, 2.05) is 12.1 Å². The van der Waals surface area contributed by atoms with Crippen LogP contribution in [0.25, 0.3) is 0 Å². The van der Waals surface area contributed by atoms with Gasteiger partial charge in [-0.2, -0.15) is 0 Å². The first-order valence-corrected chi connectivity index (χ1v) is 10.1. The van der Waals surface area contributed by atoms with E-state index in [9.17, 15) is 8.42 Å². The number of hydrogen-bond acceptors (Lipinski definition) is 4. The molecule has 0 unspecified atom stereocenters. The van der Waals surface area contributed by atoms with E-state index >= 15 is 0 Å². The van der Waals surface area contributed by atoms with E-state index in [1.54, 1.807) is 0 Å². The molecule has 0 amide bonds. The third-order valence-corrected chi connectivity index (χ3v) is 6.84. The summed E-state index contributed by atoms with van der Waals surface area (Å²) >= 11 is 6.24. The van der Waals surface area contributed by atoms with Crippen LogP contribution in [0, 0.1) is 0 Å². The zero-order valence-electron chi connectivity index (χ0n) is 12.4. The third-order valence-electron chi connectivity index (χ3n) is 4.87. The number of benzene rings is 1. The minimum atomic E-state index is -2.86. The van der Waals surface area contributed by atoms with Crippen molar-refractivity contribution >= 4 is 21.4 Å². The van der Waals surface area contributed by atoms with Gasteiger partial charge in [0.2, 0.25) is 0 Å². The molecule has 0 bridgehead atoms. The van der Waals surface area contributed by atoms with Crippen molar-refractivity contribution in [3.8, 4) is 5.75 Å². The molecule has 4 nitrogen and oxygen atoms in total. The van der Waals surface area contributed by atoms with Gasteiger partial charge in [0.25, 0.3) is 0 Å². The molecule has 1 aromatic carbocycles. The highest BCUT2D eigenvalue weighted by Gasteiger charge is 2.40. The lowest BCUT2D eigenvalue weighted by molar-refractivity contribution is 0.190. The molecule has 6 heteroatoms. The highest BCUT2D eigenvalue weighted by Crippen LogP contribution is 2.38. The number of fused-ring (bicyclic) bond motifs is 1. The Bertz CT molecular complexity index is 700. The third kappa shape index (κ3) is 2.86. The average Bonchev–Trinajstić information content (AvgIpc) is 3.07. The lowest BCUT2D eigenvalue weighted by atomic mass is 10.1. The van der Waals surface area contributed by atoms with Gasteiger partial charge in [0.15, 0.2) is 9.84 Å². The molecular formula is C16H20ClNO3S. The summed E-state index contributed by atoms with van der Waals surface area (Å²) in [5.41, 5.74) is 2.29. The molecule has 0 radical (unpaired) electrons. The molecular weight excluding hydrogens is 322 g/mol. The van der Waals surface area contributed by atoms with Gasteiger partial charge in [0, 0.05) is 35.6 Å². The van der Waals surface area contributed by atoms with E-state index in [2.05, 4.69) is 4.90 Å². The fraction of sp³-hybridized carbons (Fsp3) is 0.625. The van der Waals surface area contributed by atoms with Gasteiger partial charge in [0.05, 0.1) is 18.1 Å². The Labute approximate surface area is 136 Å². The first kappa shape index (κ1) is 14.8. The van der Waals surface area contributed by atoms with Crippen molar-refractivity contribution in [3.05, 3.63) is 28.3 Å². The standard InChI is InChI=1S/C16H20ClNO3S/c17-13-7-11-3-5-21-16(11)12(8-13)9-18(14-1-2-14)15-4-6-22(19,20)10-15/h7-8,14-15H,1-6,9-10H2/t15-/m1/s1. The summed E-state index contributed by atoms with van der Waals surface area (Å²) < 4.78 is 29.4. The van der Waals surface area contributed by atoms with Crippen molar-refractivity contribution in [1.29, 1.82) is 0 Å². The minimum Gasteiger partial charge on any atom is -0.493 e. The van der Waals surface area contributed by atoms with Gasteiger partial charge in [-0.25, -0.2) is 8.42 Å². The van der Waals surface area contributed by atoms with Crippen LogP contribution in [0.1, 0.15) is 30.4 Å². The first-order valence-electron chi connectivity index (χ1n) is 7.92. The van der Waals surface area contributed by atoms with Gasteiger partial charge in [-0.3, -0.25) is 4.90 Å². The molecule has 3 aliphatic rings. The average molecular weight is 342 g/mol. The predicted octanol–water partition coefficient (Wildman–Crippen LogP) is 2.43. The summed E-state index contributed by atoms with van der Waals surface area (Å²) in [5.74, 6) is 1.59. The van der Waals surface area contributed by atoms with Crippen LogP contribution in [0.5, 0.6) is 5.75 Å². The molecule has 1 aromatic rings. The Hall–Kier alpha value is -0.780. The van der Waals surface area contributed by atoms with Crippen molar-refractivity contribution < 1.29 is 13.2 Å². The molecule has 2 aliphatic heterocycles. The van der Waals surface area contributed by atoms with Crippen LogP contribution in [-0.4, -0.2) is 43.5 Å². The van der Waals surface area contributed by atoms with E-state index in [4.69, 9.17) is 16.3 Å². The molecule has 120 valence electrons. The summed E-state index contributed by atoms with van der Waals surface area (Å²) in [7, 11) is -2.86. The number of rotatable bonds is 4. The van der Waals surface area contributed by atoms with Crippen molar-refractivity contribution in [2.75, 3.05) is 18.1 Å². The Kier molecular flexibility index (Phi) is 3.62. The maximum atomic E-state index is 11.8. The number of hydrogen-bond donors (Lipinski definition) is 0. The molecule has 0 N–H and O–H groups in total. The number of nitrogens with zero attached hydrogens (tertiary/aromatic N) is 1. The second-order valence-electron chi connectivity index (χ2n) is 6.61. The first-order chi connectivity index (χ1) is 10.5. The van der Waals surface area contributed by atoms with Gasteiger partial charge in [-0.05, 0) is 37.0 Å². The highest BCUT2D eigenvalue weighted by atomic mass is 35.5. The molecule has 22 heavy (non-hydrogen) atoms. The van der Waals surface area contributed by atoms with Crippen LogP contribution in [0.4, 0.5) is 0 Å². The van der Waals surface area contributed by atoms with E-state index < -0.39 is 9.84 Å². The van der Waals surface area contributed by atoms with Crippen LogP contribution < -0.4 is 4.74 Å². The van der Waals surface area contributed by atoms with Crippen LogP contribution >= 0.6 is 11.6 Å². The van der Waals surface area contributed by atoms with E-state index in [0.717, 1.165) is 35.7 Å². The maximum Gasteiger partial charge on any atom is 0.151 e.